The summed E-state index contributed by atoms with van der Waals surface area (Å²) in [6.45, 7) is -0.0449. The van der Waals surface area contributed by atoms with Gasteiger partial charge in [-0.3, -0.25) is 9.79 Å². The van der Waals surface area contributed by atoms with Crippen LogP contribution < -0.4 is 0 Å². The third-order valence-corrected chi connectivity index (χ3v) is 0.904. The van der Waals surface area contributed by atoms with E-state index in [9.17, 15) is 9.59 Å². The molecule has 5 heteroatoms. The van der Waals surface area contributed by atoms with Crippen LogP contribution in [0.5, 0.6) is 0 Å². The van der Waals surface area contributed by atoms with Gasteiger partial charge >= 0.3 is 5.97 Å². The summed E-state index contributed by atoms with van der Waals surface area (Å²) < 4.78 is 0. The number of aliphatic imine (C=N–C) groups is 2. The second-order valence-electron chi connectivity index (χ2n) is 1.67. The standard InChI is InChI=1S/C5H4N2O3/c8-4-2-6-1-3(7-4)5(9)10/h1H,2H2,(H,9,10). The molecule has 5 nitrogen and oxygen atoms in total. The average Bonchev–Trinajstić information content (AvgIpc) is 1.88. The average molecular weight is 140 g/mol. The predicted molar refractivity (Wildman–Crippen MR) is 33.4 cm³/mol. The van der Waals surface area contributed by atoms with Crippen LogP contribution in [0.1, 0.15) is 0 Å². The SMILES string of the molecule is O=C1CN=CC(C(=O)O)=N1. The van der Waals surface area contributed by atoms with Gasteiger partial charge in [0.05, 0.1) is 6.21 Å². The number of amides is 1. The number of hydrogen-bond donors (Lipinski definition) is 1. The zero-order chi connectivity index (χ0) is 7.56. The van der Waals surface area contributed by atoms with Crippen LogP contribution in [-0.2, 0) is 9.59 Å². The molecule has 0 saturated heterocycles. The van der Waals surface area contributed by atoms with Crippen molar-refractivity contribution >= 4 is 23.8 Å². The summed E-state index contributed by atoms with van der Waals surface area (Å²) in [7, 11) is 0. The Morgan fingerprint density at radius 1 is 1.70 bits per heavy atom. The minimum Gasteiger partial charge on any atom is -0.476 e. The zero-order valence-corrected chi connectivity index (χ0v) is 4.94. The van der Waals surface area contributed by atoms with Gasteiger partial charge in [0.15, 0.2) is 5.71 Å². The molecule has 52 valence electrons. The van der Waals surface area contributed by atoms with E-state index < -0.39 is 11.9 Å². The Morgan fingerprint density at radius 3 is 2.80 bits per heavy atom. The third kappa shape index (κ3) is 1.25. The Balaban J connectivity index is 2.86. The molecule has 0 spiro atoms. The molecule has 0 aromatic rings. The van der Waals surface area contributed by atoms with Crippen molar-refractivity contribution in [3.05, 3.63) is 0 Å². The Labute approximate surface area is 56.1 Å². The van der Waals surface area contributed by atoms with Gasteiger partial charge in [0.2, 0.25) is 0 Å². The van der Waals surface area contributed by atoms with Crippen molar-refractivity contribution in [2.24, 2.45) is 9.98 Å². The molecule has 0 aliphatic carbocycles. The first kappa shape index (κ1) is 6.60. The normalized spacial score (nSPS) is 16.8. The highest BCUT2D eigenvalue weighted by Gasteiger charge is 2.12. The molecule has 0 aromatic carbocycles. The van der Waals surface area contributed by atoms with Gasteiger partial charge in [-0.1, -0.05) is 0 Å². The first-order valence-corrected chi connectivity index (χ1v) is 2.55. The van der Waals surface area contributed by atoms with E-state index in [4.69, 9.17) is 5.11 Å². The van der Waals surface area contributed by atoms with Crippen LogP contribution in [0.4, 0.5) is 0 Å². The maximum atomic E-state index is 10.4. The monoisotopic (exact) mass is 140 g/mol. The van der Waals surface area contributed by atoms with E-state index in [0.29, 0.717) is 0 Å². The first-order chi connectivity index (χ1) is 4.70. The Bertz CT molecular complexity index is 239. The Hall–Kier alpha value is -1.52. The maximum Gasteiger partial charge on any atom is 0.356 e. The molecule has 1 rings (SSSR count). The second-order valence-corrected chi connectivity index (χ2v) is 1.67. The van der Waals surface area contributed by atoms with Crippen molar-refractivity contribution in [3.8, 4) is 0 Å². The largest absolute Gasteiger partial charge is 0.476 e. The fourth-order valence-electron chi connectivity index (χ4n) is 0.512. The number of aliphatic carboxylic acids is 1. The minimum absolute atomic E-state index is 0.0449. The fourth-order valence-corrected chi connectivity index (χ4v) is 0.512. The second kappa shape index (κ2) is 2.38. The number of carboxylic acids is 1. The van der Waals surface area contributed by atoms with Crippen molar-refractivity contribution in [1.82, 2.24) is 0 Å². The first-order valence-electron chi connectivity index (χ1n) is 2.55. The van der Waals surface area contributed by atoms with Crippen LogP contribution in [0.25, 0.3) is 0 Å². The molecule has 1 heterocycles. The predicted octanol–water partition coefficient (Wildman–Crippen LogP) is -0.877. The number of carbonyl (C=O) groups excluding carboxylic acids is 1. The summed E-state index contributed by atoms with van der Waals surface area (Å²) in [4.78, 5) is 27.2. The van der Waals surface area contributed by atoms with Gasteiger partial charge < -0.3 is 5.11 Å². The van der Waals surface area contributed by atoms with E-state index in [1.165, 1.54) is 0 Å². The van der Waals surface area contributed by atoms with Crippen molar-refractivity contribution in [2.75, 3.05) is 6.54 Å². The molecule has 1 N–H and O–H groups in total. The van der Waals surface area contributed by atoms with E-state index in [2.05, 4.69) is 9.98 Å². The van der Waals surface area contributed by atoms with Crippen molar-refractivity contribution in [1.29, 1.82) is 0 Å². The lowest BCUT2D eigenvalue weighted by atomic mass is 10.3. The Morgan fingerprint density at radius 2 is 2.40 bits per heavy atom. The number of nitrogens with zero attached hydrogens (tertiary/aromatic N) is 2. The van der Waals surface area contributed by atoms with E-state index in [1.54, 1.807) is 0 Å². The number of carbonyl (C=O) groups is 2. The van der Waals surface area contributed by atoms with E-state index in [-0.39, 0.29) is 12.3 Å². The summed E-state index contributed by atoms with van der Waals surface area (Å²) in [5.41, 5.74) is -0.295. The van der Waals surface area contributed by atoms with E-state index in [1.807, 2.05) is 0 Å². The Kier molecular flexibility index (Phi) is 1.57. The highest BCUT2D eigenvalue weighted by atomic mass is 16.4. The zero-order valence-electron chi connectivity index (χ0n) is 4.94. The van der Waals surface area contributed by atoms with Crippen LogP contribution in [0, 0.1) is 0 Å². The number of carboxylic acid groups (broad SMARTS) is 1. The van der Waals surface area contributed by atoms with Crippen LogP contribution in [0.3, 0.4) is 0 Å². The molecule has 0 fully saturated rings. The maximum absolute atomic E-state index is 10.4. The summed E-state index contributed by atoms with van der Waals surface area (Å²) >= 11 is 0. The molecule has 0 aromatic heterocycles. The van der Waals surface area contributed by atoms with Crippen LogP contribution in [0.15, 0.2) is 9.98 Å². The summed E-state index contributed by atoms with van der Waals surface area (Å²) in [5, 5.41) is 8.28. The topological polar surface area (TPSA) is 79.1 Å². The summed E-state index contributed by atoms with van der Waals surface area (Å²) in [6, 6.07) is 0. The molecule has 1 amide bonds. The third-order valence-electron chi connectivity index (χ3n) is 0.904. The summed E-state index contributed by atoms with van der Waals surface area (Å²) in [5.74, 6) is -1.74. The van der Waals surface area contributed by atoms with Crippen LogP contribution in [0.2, 0.25) is 0 Å². The smallest absolute Gasteiger partial charge is 0.356 e. The van der Waals surface area contributed by atoms with Crippen molar-refractivity contribution < 1.29 is 14.7 Å². The van der Waals surface area contributed by atoms with E-state index in [0.717, 1.165) is 6.21 Å². The molecule has 0 bridgehead atoms. The van der Waals surface area contributed by atoms with Gasteiger partial charge in [0, 0.05) is 0 Å². The van der Waals surface area contributed by atoms with Gasteiger partial charge in [0.25, 0.3) is 5.91 Å². The van der Waals surface area contributed by atoms with E-state index >= 15 is 0 Å². The van der Waals surface area contributed by atoms with Crippen LogP contribution >= 0.6 is 0 Å². The number of hydrogen-bond acceptors (Lipinski definition) is 3. The number of rotatable bonds is 1. The van der Waals surface area contributed by atoms with Crippen molar-refractivity contribution in [3.63, 3.8) is 0 Å². The molecular weight excluding hydrogens is 136 g/mol. The van der Waals surface area contributed by atoms with Crippen molar-refractivity contribution in [2.45, 2.75) is 0 Å². The van der Waals surface area contributed by atoms with Gasteiger partial charge in [-0.2, -0.15) is 0 Å². The molecule has 0 unspecified atom stereocenters. The highest BCUT2D eigenvalue weighted by molar-refractivity contribution is 6.60. The quantitative estimate of drug-likeness (QED) is 0.513. The molecule has 0 atom stereocenters. The lowest BCUT2D eigenvalue weighted by Crippen LogP contribution is -2.21. The molecule has 0 radical (unpaired) electrons. The van der Waals surface area contributed by atoms with Gasteiger partial charge in [-0.05, 0) is 0 Å². The lowest BCUT2D eigenvalue weighted by molar-refractivity contribution is -0.129. The van der Waals surface area contributed by atoms with Gasteiger partial charge in [0.1, 0.15) is 6.54 Å². The fraction of sp³-hybridized carbons (Fsp3) is 0.200. The molecule has 0 saturated carbocycles. The molecule has 1 aliphatic rings. The highest BCUT2D eigenvalue weighted by Crippen LogP contribution is 1.88. The molecule has 10 heavy (non-hydrogen) atoms. The molecule has 1 aliphatic heterocycles. The minimum atomic E-state index is -1.23. The summed E-state index contributed by atoms with van der Waals surface area (Å²) in [6.07, 6.45) is 1.07. The van der Waals surface area contributed by atoms with Gasteiger partial charge in [-0.15, -0.1) is 0 Å². The lowest BCUT2D eigenvalue weighted by Gasteiger charge is -1.97. The van der Waals surface area contributed by atoms with Gasteiger partial charge in [-0.25, -0.2) is 9.79 Å². The molecular formula is C5H4N2O3. The van der Waals surface area contributed by atoms with Crippen LogP contribution in [-0.4, -0.2) is 35.5 Å².